The average Bonchev–Trinajstić information content (AvgIpc) is 2.39. The quantitative estimate of drug-likeness (QED) is 0.712. The van der Waals surface area contributed by atoms with Gasteiger partial charge in [-0.3, -0.25) is 4.79 Å². The maximum Gasteiger partial charge on any atom is 0.308 e. The average molecular weight is 283 g/mol. The standard InChI is InChI=1S/C15H22FNO3/c1-3-20-15(19)9-14(18)10-17-11(2)8-12-4-6-13(16)7-5-12/h4-7,11,14,17-18H,3,8-10H2,1-2H3. The van der Waals surface area contributed by atoms with E-state index in [1.165, 1.54) is 12.1 Å². The number of esters is 1. The fourth-order valence-corrected chi connectivity index (χ4v) is 1.87. The van der Waals surface area contributed by atoms with Crippen molar-refractivity contribution >= 4 is 5.97 Å². The second-order valence-corrected chi connectivity index (χ2v) is 4.80. The van der Waals surface area contributed by atoms with E-state index in [2.05, 4.69) is 5.32 Å². The SMILES string of the molecule is CCOC(=O)CC(O)CNC(C)Cc1ccc(F)cc1. The smallest absolute Gasteiger partial charge is 0.308 e. The molecule has 5 heteroatoms. The van der Waals surface area contributed by atoms with E-state index in [4.69, 9.17) is 4.74 Å². The fourth-order valence-electron chi connectivity index (χ4n) is 1.87. The summed E-state index contributed by atoms with van der Waals surface area (Å²) in [6.45, 7) is 4.34. The Morgan fingerprint density at radius 1 is 1.40 bits per heavy atom. The van der Waals surface area contributed by atoms with Gasteiger partial charge in [0.05, 0.1) is 19.1 Å². The topological polar surface area (TPSA) is 58.6 Å². The van der Waals surface area contributed by atoms with Gasteiger partial charge in [-0.1, -0.05) is 12.1 Å². The van der Waals surface area contributed by atoms with Gasteiger partial charge in [-0.2, -0.15) is 0 Å². The van der Waals surface area contributed by atoms with Crippen LogP contribution in [0.25, 0.3) is 0 Å². The molecule has 0 radical (unpaired) electrons. The first-order valence-corrected chi connectivity index (χ1v) is 6.82. The zero-order chi connectivity index (χ0) is 15.0. The van der Waals surface area contributed by atoms with E-state index in [9.17, 15) is 14.3 Å². The highest BCUT2D eigenvalue weighted by Gasteiger charge is 2.12. The van der Waals surface area contributed by atoms with Gasteiger partial charge in [0, 0.05) is 12.6 Å². The minimum atomic E-state index is -0.760. The number of halogens is 1. The summed E-state index contributed by atoms with van der Waals surface area (Å²) >= 11 is 0. The maximum atomic E-state index is 12.8. The molecule has 0 aliphatic carbocycles. The van der Waals surface area contributed by atoms with Gasteiger partial charge in [0.1, 0.15) is 5.82 Å². The second-order valence-electron chi connectivity index (χ2n) is 4.80. The minimum absolute atomic E-state index is 0.00981. The molecule has 0 saturated heterocycles. The second kappa shape index (κ2) is 8.66. The van der Waals surface area contributed by atoms with E-state index < -0.39 is 12.1 Å². The van der Waals surface area contributed by atoms with Gasteiger partial charge in [-0.05, 0) is 38.0 Å². The molecule has 0 aliphatic rings. The predicted molar refractivity (Wildman–Crippen MR) is 74.8 cm³/mol. The van der Waals surface area contributed by atoms with E-state index in [-0.39, 0.29) is 18.3 Å². The summed E-state index contributed by atoms with van der Waals surface area (Å²) in [6, 6.07) is 6.46. The number of nitrogens with one attached hydrogen (secondary N) is 1. The molecule has 0 bridgehead atoms. The van der Waals surface area contributed by atoms with Gasteiger partial charge in [0.2, 0.25) is 0 Å². The van der Waals surface area contributed by atoms with Crippen LogP contribution < -0.4 is 5.32 Å². The number of benzene rings is 1. The number of aliphatic hydroxyl groups excluding tert-OH is 1. The van der Waals surface area contributed by atoms with Crippen LogP contribution in [0.5, 0.6) is 0 Å². The maximum absolute atomic E-state index is 12.8. The Labute approximate surface area is 119 Å². The molecule has 0 heterocycles. The van der Waals surface area contributed by atoms with Gasteiger partial charge in [-0.25, -0.2) is 4.39 Å². The van der Waals surface area contributed by atoms with Crippen molar-refractivity contribution in [3.05, 3.63) is 35.6 Å². The van der Waals surface area contributed by atoms with Gasteiger partial charge >= 0.3 is 5.97 Å². The van der Waals surface area contributed by atoms with Crippen molar-refractivity contribution in [2.45, 2.75) is 38.8 Å². The highest BCUT2D eigenvalue weighted by Crippen LogP contribution is 2.06. The van der Waals surface area contributed by atoms with Crippen LogP contribution in [0.15, 0.2) is 24.3 Å². The molecule has 0 amide bonds. The third-order valence-electron chi connectivity index (χ3n) is 2.86. The first-order valence-electron chi connectivity index (χ1n) is 6.82. The number of hydrogen-bond acceptors (Lipinski definition) is 4. The molecule has 0 aromatic heterocycles. The zero-order valence-electron chi connectivity index (χ0n) is 11.9. The Morgan fingerprint density at radius 3 is 2.65 bits per heavy atom. The normalized spacial score (nSPS) is 13.8. The molecule has 112 valence electrons. The molecule has 1 aromatic carbocycles. The first kappa shape index (κ1) is 16.6. The lowest BCUT2D eigenvalue weighted by Gasteiger charge is -2.17. The Balaban J connectivity index is 2.27. The van der Waals surface area contributed by atoms with Crippen molar-refractivity contribution < 1.29 is 19.0 Å². The molecule has 0 spiro atoms. The summed E-state index contributed by atoms with van der Waals surface area (Å²) in [5.41, 5.74) is 1.02. The monoisotopic (exact) mass is 283 g/mol. The van der Waals surface area contributed by atoms with Crippen LogP contribution in [0.3, 0.4) is 0 Å². The summed E-state index contributed by atoms with van der Waals surface area (Å²) in [4.78, 5) is 11.2. The summed E-state index contributed by atoms with van der Waals surface area (Å²) < 4.78 is 17.5. The Kier molecular flexibility index (Phi) is 7.18. The molecule has 20 heavy (non-hydrogen) atoms. The van der Waals surface area contributed by atoms with Crippen molar-refractivity contribution in [3.8, 4) is 0 Å². The van der Waals surface area contributed by atoms with Crippen molar-refractivity contribution in [2.75, 3.05) is 13.2 Å². The van der Waals surface area contributed by atoms with Gasteiger partial charge < -0.3 is 15.2 Å². The molecular formula is C15H22FNO3. The molecule has 0 aliphatic heterocycles. The van der Waals surface area contributed by atoms with Crippen molar-refractivity contribution in [1.29, 1.82) is 0 Å². The summed E-state index contributed by atoms with van der Waals surface area (Å²) in [5, 5.41) is 12.8. The van der Waals surface area contributed by atoms with Crippen molar-refractivity contribution in [1.82, 2.24) is 5.32 Å². The molecule has 0 fully saturated rings. The van der Waals surface area contributed by atoms with Gasteiger partial charge in [0.15, 0.2) is 0 Å². The van der Waals surface area contributed by atoms with E-state index >= 15 is 0 Å². The summed E-state index contributed by atoms with van der Waals surface area (Å²) in [5.74, 6) is -0.646. The van der Waals surface area contributed by atoms with E-state index in [0.29, 0.717) is 13.2 Å². The van der Waals surface area contributed by atoms with Crippen LogP contribution >= 0.6 is 0 Å². The van der Waals surface area contributed by atoms with Crippen LogP contribution in [0.2, 0.25) is 0 Å². The molecular weight excluding hydrogens is 261 g/mol. The molecule has 0 saturated carbocycles. The Bertz CT molecular complexity index is 408. The largest absolute Gasteiger partial charge is 0.466 e. The minimum Gasteiger partial charge on any atom is -0.466 e. The lowest BCUT2D eigenvalue weighted by Crippen LogP contribution is -2.36. The van der Waals surface area contributed by atoms with E-state index in [1.807, 2.05) is 6.92 Å². The van der Waals surface area contributed by atoms with E-state index in [1.54, 1.807) is 19.1 Å². The number of aliphatic hydroxyl groups is 1. The van der Waals surface area contributed by atoms with Gasteiger partial charge in [0.25, 0.3) is 0 Å². The molecule has 4 nitrogen and oxygen atoms in total. The van der Waals surface area contributed by atoms with Crippen molar-refractivity contribution in [3.63, 3.8) is 0 Å². The molecule has 1 aromatic rings. The number of carbonyl (C=O) groups is 1. The summed E-state index contributed by atoms with van der Waals surface area (Å²) in [6.07, 6.45) is -0.0408. The first-order chi connectivity index (χ1) is 9.51. The zero-order valence-corrected chi connectivity index (χ0v) is 11.9. The molecule has 2 N–H and O–H groups in total. The van der Waals surface area contributed by atoms with Gasteiger partial charge in [-0.15, -0.1) is 0 Å². The van der Waals surface area contributed by atoms with Crippen molar-refractivity contribution in [2.24, 2.45) is 0 Å². The number of rotatable bonds is 8. The molecule has 1 rings (SSSR count). The van der Waals surface area contributed by atoms with Crippen LogP contribution in [0.4, 0.5) is 4.39 Å². The van der Waals surface area contributed by atoms with E-state index in [0.717, 1.165) is 12.0 Å². The van der Waals surface area contributed by atoms with Crippen LogP contribution in [-0.2, 0) is 16.0 Å². The Morgan fingerprint density at radius 2 is 2.05 bits per heavy atom. The highest BCUT2D eigenvalue weighted by molar-refractivity contribution is 5.69. The fraction of sp³-hybridized carbons (Fsp3) is 0.533. The Hall–Kier alpha value is -1.46. The number of carbonyl (C=O) groups excluding carboxylic acids is 1. The van der Waals surface area contributed by atoms with Crippen LogP contribution in [0, 0.1) is 5.82 Å². The highest BCUT2D eigenvalue weighted by atomic mass is 19.1. The number of hydrogen-bond donors (Lipinski definition) is 2. The summed E-state index contributed by atoms with van der Waals surface area (Å²) in [7, 11) is 0. The lowest BCUT2D eigenvalue weighted by atomic mass is 10.1. The number of ether oxygens (including phenoxy) is 1. The molecule has 2 unspecified atom stereocenters. The molecule has 2 atom stereocenters. The van der Waals surface area contributed by atoms with Crippen LogP contribution in [-0.4, -0.2) is 36.4 Å². The predicted octanol–water partition coefficient (Wildman–Crippen LogP) is 1.66. The third-order valence-corrected chi connectivity index (χ3v) is 2.86. The third kappa shape index (κ3) is 6.63. The lowest BCUT2D eigenvalue weighted by molar-refractivity contribution is -0.145. The van der Waals surface area contributed by atoms with Crippen LogP contribution in [0.1, 0.15) is 25.8 Å².